The zero-order chi connectivity index (χ0) is 32.6. The van der Waals surface area contributed by atoms with E-state index >= 15 is 0 Å². The fourth-order valence-corrected chi connectivity index (χ4v) is 3.69. The van der Waals surface area contributed by atoms with Gasteiger partial charge in [-0.1, -0.05) is 0 Å². The van der Waals surface area contributed by atoms with Gasteiger partial charge in [0.1, 0.15) is 0 Å². The summed E-state index contributed by atoms with van der Waals surface area (Å²) in [5.74, 6) is -0.945. The molecule has 0 bridgehead atoms. The number of aliphatic imine (C=N–C) groups is 3. The van der Waals surface area contributed by atoms with Crippen LogP contribution in [0.3, 0.4) is 0 Å². The first-order chi connectivity index (χ1) is 20.3. The van der Waals surface area contributed by atoms with Crippen LogP contribution < -0.4 is 67.6 Å². The molecule has 0 aliphatic heterocycles. The molecule has 3 atom stereocenters. The Morgan fingerprint density at radius 2 is 0.767 bits per heavy atom. The Morgan fingerprint density at radius 3 is 1.00 bits per heavy atom. The van der Waals surface area contributed by atoms with E-state index in [1.807, 2.05) is 4.90 Å². The molecule has 19 heteroatoms. The highest BCUT2D eigenvalue weighted by molar-refractivity contribution is 5.82. The Morgan fingerprint density at radius 1 is 0.512 bits per heavy atom. The summed E-state index contributed by atoms with van der Waals surface area (Å²) in [5.41, 5.74) is 49.6. The normalized spacial score (nSPS) is 12.8. The van der Waals surface area contributed by atoms with Crippen molar-refractivity contribution in [3.63, 3.8) is 0 Å². The molecule has 21 N–H and O–H groups in total. The van der Waals surface area contributed by atoms with Gasteiger partial charge in [0.2, 0.25) is 17.7 Å². The second-order valence-electron chi connectivity index (χ2n) is 9.88. The number of carbonyl (C=O) groups excluding carboxylic acids is 3. The van der Waals surface area contributed by atoms with Crippen LogP contribution in [0.5, 0.6) is 0 Å². The first-order valence-corrected chi connectivity index (χ1v) is 14.3. The van der Waals surface area contributed by atoms with E-state index in [0.29, 0.717) is 97.4 Å². The highest BCUT2D eigenvalue weighted by atomic mass is 16.2. The largest absolute Gasteiger partial charge is 0.370 e. The number of amides is 3. The molecular formula is C24H54N16O3. The summed E-state index contributed by atoms with van der Waals surface area (Å²) in [6.07, 6.45) is 2.94. The van der Waals surface area contributed by atoms with Crippen LogP contribution in [0.4, 0.5) is 0 Å². The second-order valence-corrected chi connectivity index (χ2v) is 9.88. The van der Waals surface area contributed by atoms with E-state index in [4.69, 9.17) is 51.6 Å². The van der Waals surface area contributed by atoms with Crippen molar-refractivity contribution in [2.24, 2.45) is 66.6 Å². The molecule has 0 spiro atoms. The average Bonchev–Trinajstić information content (AvgIpc) is 2.94. The van der Waals surface area contributed by atoms with Crippen LogP contribution in [0.25, 0.3) is 0 Å². The van der Waals surface area contributed by atoms with Gasteiger partial charge in [0, 0.05) is 58.9 Å². The number of guanidine groups is 3. The highest BCUT2D eigenvalue weighted by Crippen LogP contribution is 1.98. The molecule has 0 aliphatic carbocycles. The summed E-state index contributed by atoms with van der Waals surface area (Å²) in [6.45, 7) is 3.37. The third-order valence-electron chi connectivity index (χ3n) is 6.09. The molecule has 0 saturated carbocycles. The lowest BCUT2D eigenvalue weighted by molar-refractivity contribution is -0.123. The minimum absolute atomic E-state index is 0.0137. The van der Waals surface area contributed by atoms with Gasteiger partial charge in [-0.25, -0.2) is 0 Å². The second kappa shape index (κ2) is 23.6. The maximum absolute atomic E-state index is 12.4. The van der Waals surface area contributed by atoms with Crippen molar-refractivity contribution < 1.29 is 14.4 Å². The van der Waals surface area contributed by atoms with Crippen LogP contribution in [0.2, 0.25) is 0 Å². The first kappa shape index (κ1) is 39.1. The van der Waals surface area contributed by atoms with Crippen molar-refractivity contribution in [3.05, 3.63) is 0 Å². The molecule has 0 aromatic heterocycles. The average molecular weight is 615 g/mol. The maximum Gasteiger partial charge on any atom is 0.236 e. The molecule has 0 radical (unpaired) electrons. The summed E-state index contributed by atoms with van der Waals surface area (Å²) >= 11 is 0. The van der Waals surface area contributed by atoms with Gasteiger partial charge in [0.15, 0.2) is 17.9 Å². The summed E-state index contributed by atoms with van der Waals surface area (Å²) in [7, 11) is 0. The number of nitrogens with one attached hydrogen (secondary N) is 3. The number of nitrogens with zero attached hydrogens (tertiary/aromatic N) is 4. The zero-order valence-corrected chi connectivity index (χ0v) is 25.0. The van der Waals surface area contributed by atoms with Gasteiger partial charge >= 0.3 is 0 Å². The molecule has 0 aromatic rings. The Bertz CT molecular complexity index is 787. The summed E-state index contributed by atoms with van der Waals surface area (Å²) in [6, 6.07) is -2.12. The zero-order valence-electron chi connectivity index (χ0n) is 25.0. The number of rotatable bonds is 24. The van der Waals surface area contributed by atoms with Gasteiger partial charge in [-0.05, 0) is 38.5 Å². The van der Waals surface area contributed by atoms with Crippen molar-refractivity contribution in [2.75, 3.05) is 58.9 Å². The quantitative estimate of drug-likeness (QED) is 0.0274. The van der Waals surface area contributed by atoms with Gasteiger partial charge in [-0.3, -0.25) is 34.3 Å². The summed E-state index contributed by atoms with van der Waals surface area (Å²) in [5, 5.41) is 8.42. The van der Waals surface area contributed by atoms with Crippen LogP contribution in [-0.2, 0) is 14.4 Å². The lowest BCUT2D eigenvalue weighted by Gasteiger charge is -2.24. The first-order valence-electron chi connectivity index (χ1n) is 14.3. The standard InChI is InChI=1S/C24H54N16O3/c25-16(4-1-7-37-22(28)29)19(41)34-10-13-40(14-11-35-20(42)17(26)5-2-8-38-23(30)31)15-12-36-21(43)18(27)6-3-9-39-24(32)33/h16-18H,1-15,25-27H2,(H,34,41)(H,35,42)(H,36,43)(H4,28,29,37)(H4,30,31,38)(H4,32,33,39)/t16-,17-,18+/m0/s1. The molecule has 0 rings (SSSR count). The lowest BCUT2D eigenvalue weighted by atomic mass is 10.1. The highest BCUT2D eigenvalue weighted by Gasteiger charge is 2.16. The van der Waals surface area contributed by atoms with Crippen molar-refractivity contribution in [3.8, 4) is 0 Å². The molecule has 0 aliphatic rings. The number of hydrogen-bond acceptors (Lipinski definition) is 10. The van der Waals surface area contributed by atoms with E-state index in [1.54, 1.807) is 0 Å². The smallest absolute Gasteiger partial charge is 0.236 e. The van der Waals surface area contributed by atoms with E-state index in [-0.39, 0.29) is 35.6 Å². The Hall–Kier alpha value is -3.94. The fourth-order valence-electron chi connectivity index (χ4n) is 3.69. The van der Waals surface area contributed by atoms with E-state index in [1.165, 1.54) is 0 Å². The van der Waals surface area contributed by atoms with Gasteiger partial charge in [-0.15, -0.1) is 0 Å². The molecular weight excluding hydrogens is 560 g/mol. The topological polar surface area (TPSA) is 362 Å². The molecule has 0 saturated heterocycles. The van der Waals surface area contributed by atoms with E-state index in [9.17, 15) is 14.4 Å². The molecule has 0 aromatic carbocycles. The van der Waals surface area contributed by atoms with E-state index < -0.39 is 18.1 Å². The van der Waals surface area contributed by atoms with Gasteiger partial charge in [-0.2, -0.15) is 0 Å². The van der Waals surface area contributed by atoms with Gasteiger partial charge < -0.3 is 67.6 Å². The molecule has 19 nitrogen and oxygen atoms in total. The molecule has 248 valence electrons. The monoisotopic (exact) mass is 614 g/mol. The number of hydrogen-bond donors (Lipinski definition) is 12. The van der Waals surface area contributed by atoms with Crippen molar-refractivity contribution >= 4 is 35.6 Å². The van der Waals surface area contributed by atoms with Crippen molar-refractivity contribution in [1.82, 2.24) is 20.9 Å². The van der Waals surface area contributed by atoms with Crippen molar-refractivity contribution in [1.29, 1.82) is 0 Å². The Labute approximate surface area is 253 Å². The molecule has 43 heavy (non-hydrogen) atoms. The predicted octanol–water partition coefficient (Wildman–Crippen LogP) is -6.22. The summed E-state index contributed by atoms with van der Waals surface area (Å²) in [4.78, 5) is 50.7. The minimum atomic E-state index is -0.705. The van der Waals surface area contributed by atoms with E-state index in [0.717, 1.165) is 0 Å². The summed E-state index contributed by atoms with van der Waals surface area (Å²) < 4.78 is 0. The molecule has 3 amide bonds. The van der Waals surface area contributed by atoms with Gasteiger partial charge in [0.25, 0.3) is 0 Å². The fraction of sp³-hybridized carbons (Fsp3) is 0.750. The maximum atomic E-state index is 12.4. The number of nitrogens with two attached hydrogens (primary N) is 9. The Balaban J connectivity index is 4.77. The van der Waals surface area contributed by atoms with Crippen LogP contribution >= 0.6 is 0 Å². The predicted molar refractivity (Wildman–Crippen MR) is 169 cm³/mol. The Kier molecular flexibility index (Phi) is 21.4. The van der Waals surface area contributed by atoms with Crippen LogP contribution in [-0.4, -0.2) is 118 Å². The molecule has 0 fully saturated rings. The molecule has 0 heterocycles. The third kappa shape index (κ3) is 22.3. The third-order valence-corrected chi connectivity index (χ3v) is 6.09. The number of carbonyl (C=O) groups is 3. The van der Waals surface area contributed by atoms with Crippen molar-refractivity contribution in [2.45, 2.75) is 56.7 Å². The van der Waals surface area contributed by atoms with Crippen LogP contribution in [0.1, 0.15) is 38.5 Å². The van der Waals surface area contributed by atoms with Gasteiger partial charge in [0.05, 0.1) is 18.1 Å². The van der Waals surface area contributed by atoms with E-state index in [2.05, 4.69) is 30.9 Å². The van der Waals surface area contributed by atoms with Crippen LogP contribution in [0, 0.1) is 0 Å². The molecule has 0 unspecified atom stereocenters. The minimum Gasteiger partial charge on any atom is -0.370 e. The SMILES string of the molecule is NC(N)=NCCC[C@@H](N)C(=O)NCCN(CCNC(=O)[C@@H](N)CCCN=C(N)N)CCNC(=O)[C@@H](N)CCCN=C(N)N. The lowest BCUT2D eigenvalue weighted by Crippen LogP contribution is -2.48. The van der Waals surface area contributed by atoms with Crippen LogP contribution in [0.15, 0.2) is 15.0 Å².